The van der Waals surface area contributed by atoms with E-state index in [0.717, 1.165) is 0 Å². The lowest BCUT2D eigenvalue weighted by molar-refractivity contribution is 0.591. The first-order chi connectivity index (χ1) is 30.5. The molecule has 0 aliphatic rings. The van der Waals surface area contributed by atoms with Crippen LogP contribution in [0, 0.1) is 0 Å². The van der Waals surface area contributed by atoms with E-state index in [1.54, 1.807) is 0 Å². The molecule has 0 spiro atoms. The fraction of sp³-hybridized carbons (Fsp3) is 0.333. The number of hydrogen-bond donors (Lipinski definition) is 0. The molecule has 0 unspecified atom stereocenters. The largest absolute Gasteiger partial charge is 0.310 e. The van der Waals surface area contributed by atoms with Crippen LogP contribution < -0.4 is 30.5 Å². The lowest BCUT2D eigenvalue weighted by Gasteiger charge is -2.33. The van der Waals surface area contributed by atoms with Gasteiger partial charge in [0, 0.05) is 33.5 Å². The van der Waals surface area contributed by atoms with Crippen LogP contribution in [-0.4, -0.2) is 32.3 Å². The van der Waals surface area contributed by atoms with Crippen LogP contribution in [0.5, 0.6) is 0 Å². The van der Waals surface area contributed by atoms with Gasteiger partial charge in [0.25, 0.3) is 0 Å². The van der Waals surface area contributed by atoms with Crippen molar-refractivity contribution in [3.05, 3.63) is 145 Å². The summed E-state index contributed by atoms with van der Waals surface area (Å²) in [5.41, 5.74) is 9.73. The van der Waals surface area contributed by atoms with Gasteiger partial charge in [-0.2, -0.15) is 0 Å². The second-order valence-corrected chi connectivity index (χ2v) is 45.7. The molecular weight excluding hydrogens is 861 g/mol. The highest BCUT2D eigenvalue weighted by molar-refractivity contribution is 6.90. The minimum Gasteiger partial charge on any atom is -0.310 e. The third-order valence-electron chi connectivity index (χ3n) is 13.9. The zero-order valence-corrected chi connectivity index (χ0v) is 47.6. The number of hydrogen-bond acceptors (Lipinski definition) is 2. The highest BCUT2D eigenvalue weighted by atomic mass is 28.3. The van der Waals surface area contributed by atoms with E-state index in [2.05, 4.69) is 263 Å². The number of anilines is 6. The second-order valence-electron chi connectivity index (χ2n) is 25.4. The van der Waals surface area contributed by atoms with E-state index in [0.29, 0.717) is 0 Å². The smallest absolute Gasteiger partial charge is 0.0775 e. The summed E-state index contributed by atoms with van der Waals surface area (Å²) in [6.07, 6.45) is 0. The Kier molecular flexibility index (Phi) is 11.9. The maximum absolute atomic E-state index is 2.56. The molecule has 66 heavy (non-hydrogen) atoms. The molecule has 0 N–H and O–H groups in total. The van der Waals surface area contributed by atoms with E-state index >= 15 is 0 Å². The van der Waals surface area contributed by atoms with Gasteiger partial charge in [0.2, 0.25) is 0 Å². The molecule has 0 aliphatic carbocycles. The Morgan fingerprint density at radius 3 is 0.727 bits per heavy atom. The van der Waals surface area contributed by atoms with Crippen molar-refractivity contribution in [2.24, 2.45) is 0 Å². The molecule has 0 aliphatic heterocycles. The van der Waals surface area contributed by atoms with Gasteiger partial charge in [-0.05, 0) is 116 Å². The maximum atomic E-state index is 2.56. The summed E-state index contributed by atoms with van der Waals surface area (Å²) in [5.74, 6) is 0. The molecule has 0 atom stereocenters. The van der Waals surface area contributed by atoms with Crippen LogP contribution >= 0.6 is 0 Å². The molecule has 0 radical (unpaired) electrons. The molecule has 0 bridgehead atoms. The fourth-order valence-electron chi connectivity index (χ4n) is 9.50. The number of benzene rings is 8. The maximum Gasteiger partial charge on any atom is 0.0775 e. The van der Waals surface area contributed by atoms with Gasteiger partial charge in [-0.3, -0.25) is 0 Å². The van der Waals surface area contributed by atoms with Crippen molar-refractivity contribution in [1.82, 2.24) is 0 Å². The van der Waals surface area contributed by atoms with Gasteiger partial charge in [-0.25, -0.2) is 0 Å². The van der Waals surface area contributed by atoms with Gasteiger partial charge in [-0.1, -0.05) is 202 Å². The van der Waals surface area contributed by atoms with E-state index in [1.807, 2.05) is 0 Å². The minimum absolute atomic E-state index is 0.0802. The van der Waals surface area contributed by atoms with Crippen LogP contribution in [0.3, 0.4) is 0 Å². The van der Waals surface area contributed by atoms with Crippen LogP contribution in [0.15, 0.2) is 133 Å². The predicted molar refractivity (Wildman–Crippen MR) is 309 cm³/mol. The van der Waals surface area contributed by atoms with Crippen molar-refractivity contribution in [3.8, 4) is 0 Å². The molecule has 0 amide bonds. The summed E-state index contributed by atoms with van der Waals surface area (Å²) in [6, 6.07) is 53.3. The van der Waals surface area contributed by atoms with Gasteiger partial charge in [0.15, 0.2) is 0 Å². The summed E-state index contributed by atoms with van der Waals surface area (Å²) in [7, 11) is -6.10. The van der Waals surface area contributed by atoms with Gasteiger partial charge in [0.05, 0.1) is 43.7 Å². The topological polar surface area (TPSA) is 6.48 Å². The first kappa shape index (κ1) is 47.7. The highest BCUT2D eigenvalue weighted by Gasteiger charge is 2.29. The first-order valence-corrected chi connectivity index (χ1v) is 38.3. The molecule has 6 heteroatoms. The Labute approximate surface area is 402 Å². The van der Waals surface area contributed by atoms with Gasteiger partial charge in [-0.15, -0.1) is 0 Å². The number of nitrogens with zero attached hydrogens (tertiary/aromatic N) is 2. The molecule has 2 nitrogen and oxygen atoms in total. The Balaban J connectivity index is 1.51. The predicted octanol–water partition coefficient (Wildman–Crippen LogP) is 16.3. The molecule has 0 heterocycles. The third kappa shape index (κ3) is 9.28. The highest BCUT2D eigenvalue weighted by Crippen LogP contribution is 2.51. The minimum atomic E-state index is -1.53. The van der Waals surface area contributed by atoms with Gasteiger partial charge in [0.1, 0.15) is 0 Å². The second kappa shape index (κ2) is 16.5. The Hall–Kier alpha value is -4.73. The van der Waals surface area contributed by atoms with Crippen molar-refractivity contribution < 1.29 is 0 Å². The molecule has 0 saturated carbocycles. The summed E-state index contributed by atoms with van der Waals surface area (Å²) in [6.45, 7) is 43.5. The molecule has 342 valence electrons. The van der Waals surface area contributed by atoms with Crippen molar-refractivity contribution in [1.29, 1.82) is 0 Å². The molecule has 0 saturated heterocycles. The summed E-state index contributed by atoms with van der Waals surface area (Å²) >= 11 is 0. The first-order valence-electron chi connectivity index (χ1n) is 24.3. The Morgan fingerprint density at radius 2 is 0.530 bits per heavy atom. The van der Waals surface area contributed by atoms with Crippen molar-refractivity contribution >= 4 is 119 Å². The van der Waals surface area contributed by atoms with Crippen molar-refractivity contribution in [2.45, 2.75) is 131 Å². The Bertz CT molecular complexity index is 2710. The lowest BCUT2D eigenvalue weighted by atomic mass is 9.80. The Morgan fingerprint density at radius 1 is 0.303 bits per heavy atom. The lowest BCUT2D eigenvalue weighted by Crippen LogP contribution is -2.37. The van der Waals surface area contributed by atoms with Crippen molar-refractivity contribution in [3.63, 3.8) is 0 Å². The van der Waals surface area contributed by atoms with Crippen molar-refractivity contribution in [2.75, 3.05) is 9.80 Å². The van der Waals surface area contributed by atoms with Crippen LogP contribution in [0.4, 0.5) is 34.1 Å². The quantitative estimate of drug-likeness (QED) is 0.0996. The van der Waals surface area contributed by atoms with Gasteiger partial charge < -0.3 is 9.80 Å². The third-order valence-corrected chi connectivity index (χ3v) is 22.2. The summed E-state index contributed by atoms with van der Waals surface area (Å²) < 4.78 is 0. The van der Waals surface area contributed by atoms with Crippen LogP contribution in [0.2, 0.25) is 78.6 Å². The van der Waals surface area contributed by atoms with Gasteiger partial charge >= 0.3 is 0 Å². The van der Waals surface area contributed by atoms with Crippen LogP contribution in [0.1, 0.15) is 52.7 Å². The van der Waals surface area contributed by atoms with Crippen LogP contribution in [0.25, 0.3) is 32.3 Å². The zero-order chi connectivity index (χ0) is 48.1. The molecule has 8 aromatic carbocycles. The number of rotatable bonds is 10. The SMILES string of the molecule is CC(C)(C)c1cc2cc(N(c3ccc([Si](C)(C)C)cc3)c3ccc([Si](C)(C)C)cc3)c3cc(C(C)(C)C)cc4cc(N(c5ccc([Si](C)(C)C)cc5)c5ccc([Si](C)(C)C)cc5)c(c1)c2c43. The van der Waals surface area contributed by atoms with E-state index in [-0.39, 0.29) is 10.8 Å². The monoisotopic (exact) mass is 937 g/mol. The van der Waals surface area contributed by atoms with E-state index in [9.17, 15) is 0 Å². The molecule has 0 aromatic heterocycles. The zero-order valence-electron chi connectivity index (χ0n) is 43.6. The molecule has 8 aromatic rings. The standard InChI is InChI=1S/C60H76N2Si4/c1-59(2,3)43-35-41-37-56(62(47-23-31-51(32-24-47)65(13,14)15)48-25-33-52(34-26-48)66(16,17)18)54-40-44(60(4,5)6)36-42-38-55(53(39-43)57(41)58(42)54)61(45-19-27-49(28-20-45)63(7,8)9)46-21-29-50(30-22-46)64(10,11)12/h19-40H,1-18H3. The molecular formula is C60H76N2Si4. The summed E-state index contributed by atoms with van der Waals surface area (Å²) in [5, 5.41) is 13.7. The fourth-order valence-corrected chi connectivity index (χ4v) is 14.2. The average Bonchev–Trinajstić information content (AvgIpc) is 3.22. The van der Waals surface area contributed by atoms with E-state index < -0.39 is 32.3 Å². The van der Waals surface area contributed by atoms with E-state index in [4.69, 9.17) is 0 Å². The average molecular weight is 938 g/mol. The summed E-state index contributed by atoms with van der Waals surface area (Å²) in [4.78, 5) is 5.12. The molecule has 8 rings (SSSR count). The van der Waals surface area contributed by atoms with Crippen LogP contribution in [-0.2, 0) is 10.8 Å². The molecule has 0 fully saturated rings. The normalized spacial score (nSPS) is 13.3. The van der Waals surface area contributed by atoms with E-state index in [1.165, 1.54) is 98.3 Å².